The second-order valence-electron chi connectivity index (χ2n) is 3.46. The van der Waals surface area contributed by atoms with Crippen molar-refractivity contribution < 1.29 is 13.2 Å². The predicted octanol–water partition coefficient (Wildman–Crippen LogP) is 1.55. The van der Waals surface area contributed by atoms with Gasteiger partial charge in [-0.15, -0.1) is 0 Å². The fourth-order valence-electron chi connectivity index (χ4n) is 1.19. The Morgan fingerprint density at radius 1 is 1.53 bits per heavy atom. The molecule has 0 aromatic carbocycles. The molecule has 1 aromatic rings. The number of halogens is 1. The molecule has 1 rings (SSSR count). The third-order valence-electron chi connectivity index (χ3n) is 2.00. The summed E-state index contributed by atoms with van der Waals surface area (Å²) in [5, 5.41) is 0. The molecule has 96 valence electrons. The fourth-order valence-corrected chi connectivity index (χ4v) is 2.81. The summed E-state index contributed by atoms with van der Waals surface area (Å²) >= 11 is 3.18. The highest BCUT2D eigenvalue weighted by molar-refractivity contribution is 9.10. The minimum atomic E-state index is -3.52. The number of aromatic nitrogens is 1. The Hall–Kier alpha value is -0.500. The lowest BCUT2D eigenvalue weighted by molar-refractivity contribution is 0.0799. The molecular weight excluding hydrogens is 308 g/mol. The van der Waals surface area contributed by atoms with Crippen molar-refractivity contribution in [3.8, 4) is 0 Å². The van der Waals surface area contributed by atoms with E-state index in [0.717, 1.165) is 0 Å². The van der Waals surface area contributed by atoms with Crippen LogP contribution in [-0.4, -0.2) is 32.7 Å². The van der Waals surface area contributed by atoms with Crippen molar-refractivity contribution in [1.82, 2.24) is 9.71 Å². The molecule has 7 heteroatoms. The molecule has 0 radical (unpaired) electrons. The zero-order chi connectivity index (χ0) is 12.9. The van der Waals surface area contributed by atoms with Crippen molar-refractivity contribution in [2.75, 3.05) is 13.2 Å². The number of pyridine rings is 1. The highest BCUT2D eigenvalue weighted by atomic mass is 79.9. The van der Waals surface area contributed by atoms with Crippen LogP contribution in [0.5, 0.6) is 0 Å². The second-order valence-corrected chi connectivity index (χ2v) is 6.14. The number of nitrogens with one attached hydrogen (secondary N) is 1. The first-order valence-corrected chi connectivity index (χ1v) is 7.45. The van der Waals surface area contributed by atoms with E-state index in [0.29, 0.717) is 11.1 Å². The molecule has 1 N–H and O–H groups in total. The average Bonchev–Trinajstić information content (AvgIpc) is 2.27. The average molecular weight is 323 g/mol. The van der Waals surface area contributed by atoms with E-state index in [1.807, 2.05) is 13.8 Å². The minimum Gasteiger partial charge on any atom is -0.377 e. The van der Waals surface area contributed by atoms with E-state index in [1.54, 1.807) is 0 Å². The topological polar surface area (TPSA) is 68.3 Å². The zero-order valence-electron chi connectivity index (χ0n) is 9.68. The maximum atomic E-state index is 11.9. The molecule has 0 bridgehead atoms. The summed E-state index contributed by atoms with van der Waals surface area (Å²) in [6.07, 6.45) is 2.68. The van der Waals surface area contributed by atoms with Gasteiger partial charge in [0.15, 0.2) is 0 Å². The van der Waals surface area contributed by atoms with Crippen molar-refractivity contribution in [1.29, 1.82) is 0 Å². The molecule has 0 amide bonds. The predicted molar refractivity (Wildman–Crippen MR) is 68.2 cm³/mol. The lowest BCUT2D eigenvalue weighted by atomic mass is 10.4. The van der Waals surface area contributed by atoms with Crippen molar-refractivity contribution in [3.63, 3.8) is 0 Å². The van der Waals surface area contributed by atoms with E-state index in [2.05, 4.69) is 25.6 Å². The maximum Gasteiger partial charge on any atom is 0.242 e. The Morgan fingerprint density at radius 2 is 2.24 bits per heavy atom. The second kappa shape index (κ2) is 6.44. The van der Waals surface area contributed by atoms with Gasteiger partial charge in [-0.25, -0.2) is 13.1 Å². The van der Waals surface area contributed by atoms with Gasteiger partial charge < -0.3 is 4.74 Å². The molecule has 0 aliphatic heterocycles. The van der Waals surface area contributed by atoms with Crippen LogP contribution in [0, 0.1) is 0 Å². The van der Waals surface area contributed by atoms with Gasteiger partial charge in [0.1, 0.15) is 4.90 Å². The molecule has 0 saturated heterocycles. The summed E-state index contributed by atoms with van der Waals surface area (Å²) in [4.78, 5) is 3.95. The van der Waals surface area contributed by atoms with Crippen molar-refractivity contribution in [2.45, 2.75) is 24.8 Å². The van der Waals surface area contributed by atoms with Crippen LogP contribution in [0.4, 0.5) is 0 Å². The third-order valence-corrected chi connectivity index (χ3v) is 3.83. The van der Waals surface area contributed by atoms with E-state index in [1.165, 1.54) is 18.5 Å². The van der Waals surface area contributed by atoms with Crippen LogP contribution in [0.3, 0.4) is 0 Å². The van der Waals surface area contributed by atoms with E-state index < -0.39 is 10.0 Å². The highest BCUT2D eigenvalue weighted by Gasteiger charge is 2.15. The SMILES string of the molecule is CCOC(C)CNS(=O)(=O)c1cncc(Br)c1. The number of nitrogens with zero attached hydrogens (tertiary/aromatic N) is 1. The van der Waals surface area contributed by atoms with Crippen molar-refractivity contribution in [2.24, 2.45) is 0 Å². The van der Waals surface area contributed by atoms with Gasteiger partial charge in [0.25, 0.3) is 0 Å². The van der Waals surface area contributed by atoms with Crippen LogP contribution >= 0.6 is 15.9 Å². The molecule has 1 unspecified atom stereocenters. The van der Waals surface area contributed by atoms with Crippen LogP contribution in [0.1, 0.15) is 13.8 Å². The summed E-state index contributed by atoms with van der Waals surface area (Å²) in [6, 6.07) is 1.50. The molecule has 5 nitrogen and oxygen atoms in total. The van der Waals surface area contributed by atoms with Gasteiger partial charge in [-0.05, 0) is 35.8 Å². The molecule has 1 aromatic heterocycles. The molecule has 0 spiro atoms. The number of rotatable bonds is 6. The van der Waals surface area contributed by atoms with E-state index in [9.17, 15) is 8.42 Å². The Balaban J connectivity index is 2.69. The monoisotopic (exact) mass is 322 g/mol. The van der Waals surface area contributed by atoms with Crippen molar-refractivity contribution >= 4 is 26.0 Å². The van der Waals surface area contributed by atoms with Gasteiger partial charge in [0.2, 0.25) is 10.0 Å². The van der Waals surface area contributed by atoms with Gasteiger partial charge in [-0.1, -0.05) is 0 Å². The first-order chi connectivity index (χ1) is 7.95. The highest BCUT2D eigenvalue weighted by Crippen LogP contribution is 2.13. The summed E-state index contributed by atoms with van der Waals surface area (Å²) in [5.41, 5.74) is 0. The van der Waals surface area contributed by atoms with Gasteiger partial charge in [-0.2, -0.15) is 0 Å². The number of hydrogen-bond acceptors (Lipinski definition) is 4. The van der Waals surface area contributed by atoms with Gasteiger partial charge >= 0.3 is 0 Å². The van der Waals surface area contributed by atoms with E-state index >= 15 is 0 Å². The lowest BCUT2D eigenvalue weighted by Gasteiger charge is -2.12. The zero-order valence-corrected chi connectivity index (χ0v) is 12.1. The van der Waals surface area contributed by atoms with Crippen LogP contribution in [0.2, 0.25) is 0 Å². The Kier molecular flexibility index (Phi) is 5.51. The summed E-state index contributed by atoms with van der Waals surface area (Å²) in [6.45, 7) is 4.47. The largest absolute Gasteiger partial charge is 0.377 e. The van der Waals surface area contributed by atoms with Crippen LogP contribution in [0.25, 0.3) is 0 Å². The molecule has 0 fully saturated rings. The lowest BCUT2D eigenvalue weighted by Crippen LogP contribution is -2.32. The van der Waals surface area contributed by atoms with Gasteiger partial charge in [0, 0.05) is 30.0 Å². The first kappa shape index (κ1) is 14.6. The molecular formula is C10H15BrN2O3S. The van der Waals surface area contributed by atoms with Gasteiger partial charge in [0.05, 0.1) is 6.10 Å². The molecule has 17 heavy (non-hydrogen) atoms. The first-order valence-electron chi connectivity index (χ1n) is 5.17. The van der Waals surface area contributed by atoms with E-state index in [-0.39, 0.29) is 17.5 Å². The quantitative estimate of drug-likeness (QED) is 0.862. The van der Waals surface area contributed by atoms with Crippen LogP contribution in [-0.2, 0) is 14.8 Å². The molecule has 0 aliphatic carbocycles. The normalized spacial score (nSPS) is 13.6. The molecule has 1 atom stereocenters. The third kappa shape index (κ3) is 4.71. The minimum absolute atomic E-state index is 0.135. The maximum absolute atomic E-state index is 11.9. The van der Waals surface area contributed by atoms with Crippen LogP contribution in [0.15, 0.2) is 27.8 Å². The summed E-state index contributed by atoms with van der Waals surface area (Å²) < 4.78 is 32.1. The Labute approximate surface area is 110 Å². The fraction of sp³-hybridized carbons (Fsp3) is 0.500. The molecule has 0 saturated carbocycles. The van der Waals surface area contributed by atoms with E-state index in [4.69, 9.17) is 4.74 Å². The number of sulfonamides is 1. The Morgan fingerprint density at radius 3 is 2.82 bits per heavy atom. The van der Waals surface area contributed by atoms with Gasteiger partial charge in [-0.3, -0.25) is 4.98 Å². The summed E-state index contributed by atoms with van der Waals surface area (Å²) in [7, 11) is -3.52. The standard InChI is InChI=1S/C10H15BrN2O3S/c1-3-16-8(2)5-13-17(14,15)10-4-9(11)6-12-7-10/h4,6-8,13H,3,5H2,1-2H3. The Bertz CT molecular complexity index is 464. The van der Waals surface area contributed by atoms with Crippen molar-refractivity contribution in [3.05, 3.63) is 22.9 Å². The molecule has 1 heterocycles. The smallest absolute Gasteiger partial charge is 0.242 e. The number of hydrogen-bond donors (Lipinski definition) is 1. The molecule has 0 aliphatic rings. The summed E-state index contributed by atoms with van der Waals surface area (Å²) in [5.74, 6) is 0. The number of ether oxygens (including phenoxy) is 1. The van der Waals surface area contributed by atoms with Crippen LogP contribution < -0.4 is 4.72 Å².